The minimum absolute atomic E-state index is 0.301. The average Bonchev–Trinajstić information content (AvgIpc) is 2.88. The summed E-state index contributed by atoms with van der Waals surface area (Å²) in [6, 6.07) is 4.73. The molecule has 1 aromatic carbocycles. The second-order valence-corrected chi connectivity index (χ2v) is 3.86. The minimum Gasteiger partial charge on any atom is -0.497 e. The van der Waals surface area contributed by atoms with Crippen LogP contribution in [0, 0.1) is 5.82 Å². The van der Waals surface area contributed by atoms with Crippen LogP contribution in [0.15, 0.2) is 18.2 Å². The van der Waals surface area contributed by atoms with E-state index in [2.05, 4.69) is 0 Å². The molecular formula is C11H13FO2. The maximum absolute atomic E-state index is 13.4. The van der Waals surface area contributed by atoms with E-state index in [-0.39, 0.29) is 5.82 Å². The molecule has 1 saturated carbocycles. The molecule has 0 bridgehead atoms. The summed E-state index contributed by atoms with van der Waals surface area (Å²) in [5.74, 6) is 0.207. The predicted molar refractivity (Wildman–Crippen MR) is 50.8 cm³/mol. The average molecular weight is 196 g/mol. The maximum Gasteiger partial charge on any atom is 0.130 e. The highest BCUT2D eigenvalue weighted by Gasteiger charge is 2.40. The molecule has 0 atom stereocenters. The lowest BCUT2D eigenvalue weighted by Gasteiger charge is -2.09. The number of halogens is 1. The standard InChI is InChI=1S/C11H13FO2/c1-14-9-3-2-8(10(12)6-9)7-11(13)4-5-11/h2-3,6,13H,4-5,7H2,1H3. The van der Waals surface area contributed by atoms with E-state index >= 15 is 0 Å². The number of hydrogen-bond donors (Lipinski definition) is 1. The van der Waals surface area contributed by atoms with E-state index in [9.17, 15) is 9.50 Å². The van der Waals surface area contributed by atoms with Crippen molar-refractivity contribution >= 4 is 0 Å². The second kappa shape index (κ2) is 3.24. The van der Waals surface area contributed by atoms with Gasteiger partial charge in [0, 0.05) is 12.5 Å². The van der Waals surface area contributed by atoms with Gasteiger partial charge < -0.3 is 9.84 Å². The molecule has 1 N–H and O–H groups in total. The van der Waals surface area contributed by atoms with Gasteiger partial charge in [0.25, 0.3) is 0 Å². The predicted octanol–water partition coefficient (Wildman–Crippen LogP) is 1.90. The zero-order valence-electron chi connectivity index (χ0n) is 8.09. The number of hydrogen-bond acceptors (Lipinski definition) is 2. The monoisotopic (exact) mass is 196 g/mol. The van der Waals surface area contributed by atoms with Gasteiger partial charge >= 0.3 is 0 Å². The fourth-order valence-corrected chi connectivity index (χ4v) is 1.47. The van der Waals surface area contributed by atoms with Crippen LogP contribution in [0.5, 0.6) is 5.75 Å². The van der Waals surface area contributed by atoms with Crippen LogP contribution in [0.2, 0.25) is 0 Å². The second-order valence-electron chi connectivity index (χ2n) is 3.86. The van der Waals surface area contributed by atoms with Crippen LogP contribution in [0.25, 0.3) is 0 Å². The van der Waals surface area contributed by atoms with Gasteiger partial charge in [0.15, 0.2) is 0 Å². The van der Waals surface area contributed by atoms with Crippen molar-refractivity contribution < 1.29 is 14.2 Å². The Labute approximate surface area is 82.3 Å². The van der Waals surface area contributed by atoms with Crippen LogP contribution >= 0.6 is 0 Å². The van der Waals surface area contributed by atoms with Crippen LogP contribution in [-0.2, 0) is 6.42 Å². The van der Waals surface area contributed by atoms with Crippen molar-refractivity contribution in [2.75, 3.05) is 7.11 Å². The summed E-state index contributed by atoms with van der Waals surface area (Å²) in [6.07, 6.45) is 1.96. The summed E-state index contributed by atoms with van der Waals surface area (Å²) < 4.78 is 18.3. The summed E-state index contributed by atoms with van der Waals surface area (Å²) in [5, 5.41) is 9.64. The molecule has 1 aromatic rings. The Morgan fingerprint density at radius 1 is 1.50 bits per heavy atom. The summed E-state index contributed by atoms with van der Waals surface area (Å²) in [6.45, 7) is 0. The molecule has 0 heterocycles. The van der Waals surface area contributed by atoms with Crippen LogP contribution in [-0.4, -0.2) is 17.8 Å². The molecule has 1 aliphatic rings. The summed E-state index contributed by atoms with van der Waals surface area (Å²) in [5.41, 5.74) is -0.0825. The Bertz CT molecular complexity index is 345. The van der Waals surface area contributed by atoms with Crippen LogP contribution in [0.4, 0.5) is 4.39 Å². The highest BCUT2D eigenvalue weighted by Crippen LogP contribution is 2.38. The maximum atomic E-state index is 13.4. The summed E-state index contributed by atoms with van der Waals surface area (Å²) in [4.78, 5) is 0. The van der Waals surface area contributed by atoms with E-state index in [0.717, 1.165) is 12.8 Å². The molecule has 14 heavy (non-hydrogen) atoms. The zero-order chi connectivity index (χ0) is 10.2. The Morgan fingerprint density at radius 2 is 2.21 bits per heavy atom. The molecule has 0 amide bonds. The van der Waals surface area contributed by atoms with Crippen molar-refractivity contribution in [1.82, 2.24) is 0 Å². The van der Waals surface area contributed by atoms with E-state index in [1.165, 1.54) is 13.2 Å². The molecular weight excluding hydrogens is 183 g/mol. The fraction of sp³-hybridized carbons (Fsp3) is 0.455. The number of benzene rings is 1. The normalized spacial score (nSPS) is 17.9. The number of ether oxygens (including phenoxy) is 1. The molecule has 2 rings (SSSR count). The lowest BCUT2D eigenvalue weighted by Crippen LogP contribution is -2.11. The van der Waals surface area contributed by atoms with Crippen LogP contribution < -0.4 is 4.74 Å². The third kappa shape index (κ3) is 1.87. The van der Waals surface area contributed by atoms with Crippen molar-refractivity contribution in [3.05, 3.63) is 29.6 Å². The minimum atomic E-state index is -0.643. The third-order valence-electron chi connectivity index (χ3n) is 2.61. The third-order valence-corrected chi connectivity index (χ3v) is 2.61. The van der Waals surface area contributed by atoms with Gasteiger partial charge in [0.05, 0.1) is 12.7 Å². The van der Waals surface area contributed by atoms with Crippen molar-refractivity contribution in [3.63, 3.8) is 0 Å². The molecule has 0 radical (unpaired) electrons. The first-order valence-electron chi connectivity index (χ1n) is 4.68. The Morgan fingerprint density at radius 3 is 2.71 bits per heavy atom. The molecule has 1 fully saturated rings. The SMILES string of the molecule is COc1ccc(CC2(O)CC2)c(F)c1. The van der Waals surface area contributed by atoms with E-state index < -0.39 is 5.60 Å². The highest BCUT2D eigenvalue weighted by molar-refractivity contribution is 5.30. The number of aliphatic hydroxyl groups is 1. The molecule has 0 unspecified atom stereocenters. The Hall–Kier alpha value is -1.09. The van der Waals surface area contributed by atoms with Gasteiger partial charge in [-0.2, -0.15) is 0 Å². The zero-order valence-corrected chi connectivity index (χ0v) is 8.09. The Balaban J connectivity index is 2.17. The van der Waals surface area contributed by atoms with Gasteiger partial charge in [0.2, 0.25) is 0 Å². The van der Waals surface area contributed by atoms with Gasteiger partial charge in [0.1, 0.15) is 11.6 Å². The number of methoxy groups -OCH3 is 1. The first kappa shape index (κ1) is 9.46. The van der Waals surface area contributed by atoms with E-state index in [4.69, 9.17) is 4.74 Å². The highest BCUT2D eigenvalue weighted by atomic mass is 19.1. The van der Waals surface area contributed by atoms with Crippen molar-refractivity contribution in [2.45, 2.75) is 24.9 Å². The van der Waals surface area contributed by atoms with E-state index in [0.29, 0.717) is 17.7 Å². The molecule has 1 aliphatic carbocycles. The summed E-state index contributed by atoms with van der Waals surface area (Å²) in [7, 11) is 1.50. The van der Waals surface area contributed by atoms with Gasteiger partial charge in [-0.1, -0.05) is 6.07 Å². The lowest BCUT2D eigenvalue weighted by molar-refractivity contribution is 0.149. The molecule has 2 nitrogen and oxygen atoms in total. The molecule has 0 aromatic heterocycles. The smallest absolute Gasteiger partial charge is 0.130 e. The molecule has 0 spiro atoms. The summed E-state index contributed by atoms with van der Waals surface area (Å²) >= 11 is 0. The van der Waals surface area contributed by atoms with E-state index in [1.54, 1.807) is 12.1 Å². The topological polar surface area (TPSA) is 29.5 Å². The first-order valence-corrected chi connectivity index (χ1v) is 4.68. The molecule has 0 aliphatic heterocycles. The van der Waals surface area contributed by atoms with Gasteiger partial charge in [-0.15, -0.1) is 0 Å². The van der Waals surface area contributed by atoms with Crippen LogP contribution in [0.1, 0.15) is 18.4 Å². The quantitative estimate of drug-likeness (QED) is 0.800. The van der Waals surface area contributed by atoms with Crippen LogP contribution in [0.3, 0.4) is 0 Å². The lowest BCUT2D eigenvalue weighted by atomic mass is 10.1. The molecule has 0 saturated heterocycles. The van der Waals surface area contributed by atoms with Gasteiger partial charge in [-0.25, -0.2) is 4.39 Å². The van der Waals surface area contributed by atoms with Crippen molar-refractivity contribution in [3.8, 4) is 5.75 Å². The van der Waals surface area contributed by atoms with Gasteiger partial charge in [-0.3, -0.25) is 0 Å². The largest absolute Gasteiger partial charge is 0.497 e. The first-order chi connectivity index (χ1) is 6.63. The fourth-order valence-electron chi connectivity index (χ4n) is 1.47. The molecule has 3 heteroatoms. The van der Waals surface area contributed by atoms with Gasteiger partial charge in [-0.05, 0) is 24.5 Å². The number of rotatable bonds is 3. The van der Waals surface area contributed by atoms with Crippen molar-refractivity contribution in [1.29, 1.82) is 0 Å². The van der Waals surface area contributed by atoms with E-state index in [1.807, 2.05) is 0 Å². The van der Waals surface area contributed by atoms with Crippen molar-refractivity contribution in [2.24, 2.45) is 0 Å². The Kier molecular flexibility index (Phi) is 2.19. The molecule has 76 valence electrons.